The molecule has 0 atom stereocenters. The molecular formula is C14H13BrN2O2. The predicted molar refractivity (Wildman–Crippen MR) is 77.5 cm³/mol. The highest BCUT2D eigenvalue weighted by atomic mass is 79.9. The second kappa shape index (κ2) is 6.33. The first kappa shape index (κ1) is 13.5. The van der Waals surface area contributed by atoms with Crippen molar-refractivity contribution in [3.05, 3.63) is 52.6 Å². The number of halogens is 1. The van der Waals surface area contributed by atoms with E-state index >= 15 is 0 Å². The number of aromatic nitrogens is 1. The predicted octanol–water partition coefficient (Wildman–Crippen LogP) is 3.50. The molecule has 0 radical (unpaired) electrons. The molecule has 98 valence electrons. The summed E-state index contributed by atoms with van der Waals surface area (Å²) in [5, 5.41) is 2.74. The second-order valence-electron chi connectivity index (χ2n) is 3.74. The first-order valence-corrected chi connectivity index (χ1v) is 6.64. The molecule has 1 heterocycles. The van der Waals surface area contributed by atoms with Crippen LogP contribution in [0.1, 0.15) is 17.3 Å². The van der Waals surface area contributed by atoms with Gasteiger partial charge < -0.3 is 10.1 Å². The fourth-order valence-electron chi connectivity index (χ4n) is 1.54. The van der Waals surface area contributed by atoms with Crippen molar-refractivity contribution in [2.45, 2.75) is 6.92 Å². The van der Waals surface area contributed by atoms with E-state index in [9.17, 15) is 4.79 Å². The molecule has 2 aromatic rings. The second-order valence-corrected chi connectivity index (χ2v) is 4.66. The quantitative estimate of drug-likeness (QED) is 0.938. The Kier molecular flexibility index (Phi) is 4.52. The average Bonchev–Trinajstić information content (AvgIpc) is 2.42. The van der Waals surface area contributed by atoms with E-state index in [1.54, 1.807) is 30.5 Å². The van der Waals surface area contributed by atoms with Gasteiger partial charge in [0.15, 0.2) is 11.6 Å². The number of nitrogens with zero attached hydrogens (tertiary/aromatic N) is 1. The van der Waals surface area contributed by atoms with Gasteiger partial charge in [-0.15, -0.1) is 0 Å². The van der Waals surface area contributed by atoms with Gasteiger partial charge in [0, 0.05) is 16.2 Å². The Bertz CT molecular complexity index is 570. The van der Waals surface area contributed by atoms with Gasteiger partial charge in [-0.05, 0) is 43.3 Å². The highest BCUT2D eigenvalue weighted by Gasteiger charge is 2.10. The minimum absolute atomic E-state index is 0.216. The van der Waals surface area contributed by atoms with Crippen LogP contribution in [-0.4, -0.2) is 17.5 Å². The lowest BCUT2D eigenvalue weighted by molar-refractivity contribution is 0.102. The summed E-state index contributed by atoms with van der Waals surface area (Å²) in [5.74, 6) is 0.778. The zero-order valence-corrected chi connectivity index (χ0v) is 12.0. The first-order chi connectivity index (χ1) is 9.20. The van der Waals surface area contributed by atoms with Crippen LogP contribution >= 0.6 is 15.9 Å². The fraction of sp³-hybridized carbons (Fsp3) is 0.143. The third kappa shape index (κ3) is 3.54. The SMILES string of the molecule is CCOc1cccnc1NC(=O)c1ccc(Br)cc1. The van der Waals surface area contributed by atoms with E-state index in [2.05, 4.69) is 26.2 Å². The van der Waals surface area contributed by atoms with E-state index in [1.165, 1.54) is 0 Å². The van der Waals surface area contributed by atoms with Gasteiger partial charge in [-0.25, -0.2) is 4.98 Å². The average molecular weight is 321 g/mol. The number of hydrogen-bond donors (Lipinski definition) is 1. The zero-order valence-electron chi connectivity index (χ0n) is 10.4. The number of nitrogens with one attached hydrogen (secondary N) is 1. The van der Waals surface area contributed by atoms with Gasteiger partial charge in [0.2, 0.25) is 0 Å². The Labute approximate surface area is 119 Å². The lowest BCUT2D eigenvalue weighted by Crippen LogP contribution is -2.13. The monoisotopic (exact) mass is 320 g/mol. The van der Waals surface area contributed by atoms with E-state index in [0.717, 1.165) is 4.47 Å². The molecule has 4 nitrogen and oxygen atoms in total. The van der Waals surface area contributed by atoms with E-state index in [1.807, 2.05) is 19.1 Å². The van der Waals surface area contributed by atoms with E-state index in [0.29, 0.717) is 23.7 Å². The number of carbonyl (C=O) groups excluding carboxylic acids is 1. The van der Waals surface area contributed by atoms with Crippen molar-refractivity contribution in [1.29, 1.82) is 0 Å². The van der Waals surface area contributed by atoms with Crippen LogP contribution in [0.2, 0.25) is 0 Å². The molecule has 1 aromatic heterocycles. The minimum Gasteiger partial charge on any atom is -0.490 e. The molecule has 1 amide bonds. The van der Waals surface area contributed by atoms with Crippen molar-refractivity contribution in [2.24, 2.45) is 0 Å². The lowest BCUT2D eigenvalue weighted by atomic mass is 10.2. The van der Waals surface area contributed by atoms with E-state index < -0.39 is 0 Å². The summed E-state index contributed by atoms with van der Waals surface area (Å²) >= 11 is 3.33. The van der Waals surface area contributed by atoms with Gasteiger partial charge in [-0.2, -0.15) is 0 Å². The Hall–Kier alpha value is -1.88. The van der Waals surface area contributed by atoms with Crippen LogP contribution in [0.4, 0.5) is 5.82 Å². The van der Waals surface area contributed by atoms with Crippen molar-refractivity contribution in [2.75, 3.05) is 11.9 Å². The summed E-state index contributed by atoms with van der Waals surface area (Å²) in [6, 6.07) is 10.6. The molecule has 0 aliphatic heterocycles. The van der Waals surface area contributed by atoms with Crippen molar-refractivity contribution >= 4 is 27.7 Å². The van der Waals surface area contributed by atoms with Crippen LogP contribution in [0, 0.1) is 0 Å². The van der Waals surface area contributed by atoms with Crippen LogP contribution in [-0.2, 0) is 0 Å². The summed E-state index contributed by atoms with van der Waals surface area (Å²) in [6.07, 6.45) is 1.61. The Morgan fingerprint density at radius 2 is 2.05 bits per heavy atom. The molecule has 1 N–H and O–H groups in total. The summed E-state index contributed by atoms with van der Waals surface area (Å²) in [7, 11) is 0. The van der Waals surface area contributed by atoms with Gasteiger partial charge in [0.05, 0.1) is 6.61 Å². The summed E-state index contributed by atoms with van der Waals surface area (Å²) in [5.41, 5.74) is 0.566. The molecule has 0 aliphatic rings. The topological polar surface area (TPSA) is 51.2 Å². The third-order valence-corrected chi connectivity index (χ3v) is 2.94. The highest BCUT2D eigenvalue weighted by Crippen LogP contribution is 2.21. The van der Waals surface area contributed by atoms with Gasteiger partial charge >= 0.3 is 0 Å². The third-order valence-electron chi connectivity index (χ3n) is 2.41. The number of carbonyl (C=O) groups is 1. The number of benzene rings is 1. The number of hydrogen-bond acceptors (Lipinski definition) is 3. The molecule has 19 heavy (non-hydrogen) atoms. The first-order valence-electron chi connectivity index (χ1n) is 5.85. The molecule has 0 saturated heterocycles. The maximum atomic E-state index is 12.1. The number of pyridine rings is 1. The minimum atomic E-state index is -0.216. The van der Waals surface area contributed by atoms with E-state index in [-0.39, 0.29) is 5.91 Å². The summed E-state index contributed by atoms with van der Waals surface area (Å²) in [6.45, 7) is 2.40. The van der Waals surface area contributed by atoms with Gasteiger partial charge in [0.25, 0.3) is 5.91 Å². The normalized spacial score (nSPS) is 10.0. The van der Waals surface area contributed by atoms with Crippen molar-refractivity contribution in [1.82, 2.24) is 4.98 Å². The molecule has 5 heteroatoms. The molecule has 0 saturated carbocycles. The Morgan fingerprint density at radius 1 is 1.32 bits per heavy atom. The van der Waals surface area contributed by atoms with Crippen LogP contribution in [0.3, 0.4) is 0 Å². The van der Waals surface area contributed by atoms with E-state index in [4.69, 9.17) is 4.74 Å². The number of anilines is 1. The highest BCUT2D eigenvalue weighted by molar-refractivity contribution is 9.10. The van der Waals surface area contributed by atoms with Gasteiger partial charge in [-0.1, -0.05) is 15.9 Å². The smallest absolute Gasteiger partial charge is 0.256 e. The number of amides is 1. The molecule has 0 aliphatic carbocycles. The maximum Gasteiger partial charge on any atom is 0.256 e. The van der Waals surface area contributed by atoms with Crippen LogP contribution < -0.4 is 10.1 Å². The molecule has 0 fully saturated rings. The molecule has 1 aromatic carbocycles. The van der Waals surface area contributed by atoms with Crippen molar-refractivity contribution in [3.8, 4) is 5.75 Å². The standard InChI is InChI=1S/C14H13BrN2O2/c1-2-19-12-4-3-9-16-13(12)17-14(18)10-5-7-11(15)8-6-10/h3-9H,2H2,1H3,(H,16,17,18). The fourth-order valence-corrected chi connectivity index (χ4v) is 1.80. The van der Waals surface area contributed by atoms with Gasteiger partial charge in [-0.3, -0.25) is 4.79 Å². The van der Waals surface area contributed by atoms with Crippen molar-refractivity contribution < 1.29 is 9.53 Å². The molecule has 0 spiro atoms. The molecule has 2 rings (SSSR count). The molecule has 0 unspecified atom stereocenters. The number of rotatable bonds is 4. The van der Waals surface area contributed by atoms with Crippen LogP contribution in [0.25, 0.3) is 0 Å². The Morgan fingerprint density at radius 3 is 2.74 bits per heavy atom. The van der Waals surface area contributed by atoms with Crippen molar-refractivity contribution in [3.63, 3.8) is 0 Å². The maximum absolute atomic E-state index is 12.1. The largest absolute Gasteiger partial charge is 0.490 e. The van der Waals surface area contributed by atoms with Gasteiger partial charge in [0.1, 0.15) is 0 Å². The lowest BCUT2D eigenvalue weighted by Gasteiger charge is -2.10. The van der Waals surface area contributed by atoms with Crippen LogP contribution in [0.5, 0.6) is 5.75 Å². The zero-order chi connectivity index (χ0) is 13.7. The summed E-state index contributed by atoms with van der Waals surface area (Å²) < 4.78 is 6.34. The van der Waals surface area contributed by atoms with Crippen LogP contribution in [0.15, 0.2) is 47.1 Å². The molecule has 0 bridgehead atoms. The summed E-state index contributed by atoms with van der Waals surface area (Å²) in [4.78, 5) is 16.2. The molecular weight excluding hydrogens is 308 g/mol. The number of ether oxygens (including phenoxy) is 1. The Balaban J connectivity index is 2.16.